The van der Waals surface area contributed by atoms with Crippen LogP contribution in [0.25, 0.3) is 0 Å². The van der Waals surface area contributed by atoms with E-state index in [-0.39, 0.29) is 10.8 Å². The van der Waals surface area contributed by atoms with Gasteiger partial charge >= 0.3 is 0 Å². The normalized spacial score (nSPS) is 12.9. The van der Waals surface area contributed by atoms with E-state index in [1.807, 2.05) is 0 Å². The summed E-state index contributed by atoms with van der Waals surface area (Å²) in [6.07, 6.45) is 0. The molecule has 0 saturated carbocycles. The van der Waals surface area contributed by atoms with Crippen LogP contribution in [-0.4, -0.2) is 5.11 Å². The quantitative estimate of drug-likeness (QED) is 0.689. The van der Waals surface area contributed by atoms with E-state index in [1.165, 1.54) is 3.57 Å². The molecule has 0 bridgehead atoms. The number of phenols is 1. The average Bonchev–Trinajstić information content (AvgIpc) is 2.04. The third-order valence-corrected chi connectivity index (χ3v) is 3.31. The Morgan fingerprint density at radius 1 is 0.875 bits per heavy atom. The van der Waals surface area contributed by atoms with Crippen LogP contribution >= 0.6 is 22.6 Å². The van der Waals surface area contributed by atoms with Gasteiger partial charge in [-0.25, -0.2) is 0 Å². The summed E-state index contributed by atoms with van der Waals surface area (Å²) in [5, 5.41) is 10.4. The van der Waals surface area contributed by atoms with Crippen molar-refractivity contribution in [2.75, 3.05) is 0 Å². The second-order valence-corrected chi connectivity index (χ2v) is 7.60. The molecule has 0 amide bonds. The molecule has 0 saturated heterocycles. The minimum Gasteiger partial charge on any atom is -0.507 e. The lowest BCUT2D eigenvalue weighted by Crippen LogP contribution is -2.17. The van der Waals surface area contributed by atoms with Gasteiger partial charge in [0.1, 0.15) is 5.75 Å². The summed E-state index contributed by atoms with van der Waals surface area (Å²) in [7, 11) is 0. The van der Waals surface area contributed by atoms with E-state index < -0.39 is 0 Å². The van der Waals surface area contributed by atoms with Gasteiger partial charge in [-0.2, -0.15) is 0 Å². The average molecular weight is 332 g/mol. The van der Waals surface area contributed by atoms with Crippen molar-refractivity contribution in [1.82, 2.24) is 0 Å². The minimum absolute atomic E-state index is 0.0226. The van der Waals surface area contributed by atoms with Crippen molar-refractivity contribution in [2.45, 2.75) is 52.4 Å². The van der Waals surface area contributed by atoms with Gasteiger partial charge in [0.25, 0.3) is 0 Å². The molecule has 0 spiro atoms. The van der Waals surface area contributed by atoms with Crippen LogP contribution in [0.5, 0.6) is 5.75 Å². The zero-order valence-electron chi connectivity index (χ0n) is 11.0. The molecule has 0 fully saturated rings. The lowest BCUT2D eigenvalue weighted by molar-refractivity contribution is 0.423. The number of hydrogen-bond acceptors (Lipinski definition) is 1. The molecule has 0 atom stereocenters. The van der Waals surface area contributed by atoms with E-state index in [2.05, 4.69) is 76.3 Å². The standard InChI is InChI=1S/C14H21IO/c1-13(2,3)10-7-9(15)8-11(12(10)16)14(4,5)6/h7-8,16H,1-6H3. The summed E-state index contributed by atoms with van der Waals surface area (Å²) in [5.41, 5.74) is 2.02. The van der Waals surface area contributed by atoms with Crippen LogP contribution in [0.3, 0.4) is 0 Å². The zero-order valence-corrected chi connectivity index (χ0v) is 13.1. The fourth-order valence-corrected chi connectivity index (χ4v) is 2.37. The van der Waals surface area contributed by atoms with Crippen molar-refractivity contribution < 1.29 is 5.11 Å². The molecule has 0 aliphatic carbocycles. The number of rotatable bonds is 0. The first-order valence-corrected chi connectivity index (χ1v) is 6.65. The molecule has 0 heterocycles. The van der Waals surface area contributed by atoms with Gasteiger partial charge in [-0.15, -0.1) is 0 Å². The van der Waals surface area contributed by atoms with Crippen LogP contribution in [0.2, 0.25) is 0 Å². The molecule has 1 aromatic rings. The van der Waals surface area contributed by atoms with Crippen LogP contribution in [0.15, 0.2) is 12.1 Å². The summed E-state index contributed by atoms with van der Waals surface area (Å²) in [4.78, 5) is 0. The molecular weight excluding hydrogens is 311 g/mol. The van der Waals surface area contributed by atoms with Gasteiger partial charge in [0, 0.05) is 14.7 Å². The smallest absolute Gasteiger partial charge is 0.123 e. The summed E-state index contributed by atoms with van der Waals surface area (Å²) in [6.45, 7) is 12.8. The molecule has 1 N–H and O–H groups in total. The van der Waals surface area contributed by atoms with Crippen LogP contribution in [0.1, 0.15) is 52.7 Å². The van der Waals surface area contributed by atoms with Gasteiger partial charge < -0.3 is 5.11 Å². The summed E-state index contributed by atoms with van der Waals surface area (Å²) in [5.74, 6) is 0.459. The third kappa shape index (κ3) is 2.90. The largest absolute Gasteiger partial charge is 0.507 e. The van der Waals surface area contributed by atoms with Gasteiger partial charge in [-0.1, -0.05) is 41.5 Å². The predicted molar refractivity (Wildman–Crippen MR) is 78.2 cm³/mol. The van der Waals surface area contributed by atoms with Crippen molar-refractivity contribution in [3.8, 4) is 5.75 Å². The van der Waals surface area contributed by atoms with Crippen molar-refractivity contribution in [2.24, 2.45) is 0 Å². The monoisotopic (exact) mass is 332 g/mol. The molecule has 0 aliphatic heterocycles. The third-order valence-electron chi connectivity index (χ3n) is 2.69. The SMILES string of the molecule is CC(C)(C)c1cc(I)cc(C(C)(C)C)c1O. The number of benzene rings is 1. The first kappa shape index (κ1) is 13.8. The zero-order chi connectivity index (χ0) is 12.7. The Kier molecular flexibility index (Phi) is 3.63. The first-order chi connectivity index (χ1) is 7.03. The summed E-state index contributed by atoms with van der Waals surface area (Å²) in [6, 6.07) is 4.15. The maximum Gasteiger partial charge on any atom is 0.123 e. The van der Waals surface area contributed by atoms with Crippen LogP contribution in [0.4, 0.5) is 0 Å². The van der Waals surface area contributed by atoms with Gasteiger partial charge in [-0.3, -0.25) is 0 Å². The Labute approximate surface area is 112 Å². The van der Waals surface area contributed by atoms with E-state index in [1.54, 1.807) is 0 Å². The predicted octanol–water partition coefficient (Wildman–Crippen LogP) is 4.59. The molecule has 1 rings (SSSR count). The second kappa shape index (κ2) is 4.21. The highest BCUT2D eigenvalue weighted by atomic mass is 127. The summed E-state index contributed by atoms with van der Waals surface area (Å²) >= 11 is 2.32. The fraction of sp³-hybridized carbons (Fsp3) is 0.571. The molecule has 1 nitrogen and oxygen atoms in total. The fourth-order valence-electron chi connectivity index (χ4n) is 1.74. The Bertz CT molecular complexity index is 359. The maximum absolute atomic E-state index is 10.4. The van der Waals surface area contributed by atoms with E-state index in [0.29, 0.717) is 5.75 Å². The van der Waals surface area contributed by atoms with Crippen LogP contribution in [-0.2, 0) is 10.8 Å². The van der Waals surface area contributed by atoms with Crippen molar-refractivity contribution >= 4 is 22.6 Å². The van der Waals surface area contributed by atoms with E-state index >= 15 is 0 Å². The maximum atomic E-state index is 10.4. The van der Waals surface area contributed by atoms with Gasteiger partial charge in [-0.05, 0) is 45.6 Å². The molecular formula is C14H21IO. The van der Waals surface area contributed by atoms with E-state index in [9.17, 15) is 5.11 Å². The molecule has 0 radical (unpaired) electrons. The van der Waals surface area contributed by atoms with E-state index in [0.717, 1.165) is 11.1 Å². The number of phenolic OH excluding ortho intramolecular Hbond substituents is 1. The molecule has 1 aromatic carbocycles. The van der Waals surface area contributed by atoms with Gasteiger partial charge in [0.2, 0.25) is 0 Å². The van der Waals surface area contributed by atoms with Crippen molar-refractivity contribution in [3.63, 3.8) is 0 Å². The first-order valence-electron chi connectivity index (χ1n) is 5.57. The summed E-state index contributed by atoms with van der Waals surface area (Å²) < 4.78 is 1.19. The van der Waals surface area contributed by atoms with Crippen LogP contribution < -0.4 is 0 Å². The van der Waals surface area contributed by atoms with Crippen molar-refractivity contribution in [3.05, 3.63) is 26.8 Å². The Morgan fingerprint density at radius 2 is 1.19 bits per heavy atom. The lowest BCUT2D eigenvalue weighted by Gasteiger charge is -2.27. The Hall–Kier alpha value is -0.250. The second-order valence-electron chi connectivity index (χ2n) is 6.35. The molecule has 0 unspecified atom stereocenters. The lowest BCUT2D eigenvalue weighted by atomic mass is 9.80. The Morgan fingerprint density at radius 3 is 1.44 bits per heavy atom. The highest BCUT2D eigenvalue weighted by Crippen LogP contribution is 2.39. The molecule has 16 heavy (non-hydrogen) atoms. The van der Waals surface area contributed by atoms with Gasteiger partial charge in [0.05, 0.1) is 0 Å². The van der Waals surface area contributed by atoms with E-state index in [4.69, 9.17) is 0 Å². The number of hydrogen-bond donors (Lipinski definition) is 1. The highest BCUT2D eigenvalue weighted by molar-refractivity contribution is 14.1. The van der Waals surface area contributed by atoms with Gasteiger partial charge in [0.15, 0.2) is 0 Å². The molecule has 2 heteroatoms. The van der Waals surface area contributed by atoms with Crippen LogP contribution in [0, 0.1) is 3.57 Å². The minimum atomic E-state index is -0.0226. The Balaban J connectivity index is 3.51. The number of halogens is 1. The molecule has 0 aliphatic rings. The molecule has 0 aromatic heterocycles. The molecule has 90 valence electrons. The number of aromatic hydroxyl groups is 1. The topological polar surface area (TPSA) is 20.2 Å². The van der Waals surface area contributed by atoms with Crippen molar-refractivity contribution in [1.29, 1.82) is 0 Å². The highest BCUT2D eigenvalue weighted by Gasteiger charge is 2.25.